The first-order chi connectivity index (χ1) is 25.0. The predicted octanol–water partition coefficient (Wildman–Crippen LogP) is 11.5. The molecule has 4 nitrogen and oxygen atoms in total. The van der Waals surface area contributed by atoms with Crippen molar-refractivity contribution in [1.29, 1.82) is 5.26 Å². The van der Waals surface area contributed by atoms with E-state index < -0.39 is 0 Å². The molecule has 0 atom stereocenters. The van der Waals surface area contributed by atoms with Crippen LogP contribution in [0.4, 0.5) is 0 Å². The molecule has 2 heterocycles. The molecule has 2 aromatic heterocycles. The van der Waals surface area contributed by atoms with Crippen molar-refractivity contribution in [3.05, 3.63) is 175 Å². The molecule has 51 heavy (non-hydrogen) atoms. The molecule has 6 aromatic carbocycles. The fourth-order valence-corrected chi connectivity index (χ4v) is 7.51. The molecular weight excluding hydrogens is 621 g/mol. The maximum atomic E-state index is 9.66. The summed E-state index contributed by atoms with van der Waals surface area (Å²) in [5.41, 5.74) is 15.4. The summed E-state index contributed by atoms with van der Waals surface area (Å²) in [5, 5.41) is 10.8. The number of fused-ring (bicyclic) bond motifs is 4. The maximum absolute atomic E-state index is 9.66. The minimum atomic E-state index is -0.253. The lowest BCUT2D eigenvalue weighted by atomic mass is 9.81. The Bertz CT molecular complexity index is 2610. The number of hydrogen-bond acceptors (Lipinski definition) is 4. The summed E-state index contributed by atoms with van der Waals surface area (Å²) in [6.45, 7) is 4.51. The van der Waals surface area contributed by atoms with Crippen LogP contribution in [-0.4, -0.2) is 15.0 Å². The average molecular weight is 653 g/mol. The van der Waals surface area contributed by atoms with Gasteiger partial charge < -0.3 is 0 Å². The van der Waals surface area contributed by atoms with Crippen molar-refractivity contribution in [2.75, 3.05) is 0 Å². The van der Waals surface area contributed by atoms with E-state index in [-0.39, 0.29) is 5.41 Å². The molecule has 0 fully saturated rings. The average Bonchev–Trinajstić information content (AvgIpc) is 3.42. The number of hydrogen-bond donors (Lipinski definition) is 0. The van der Waals surface area contributed by atoms with Gasteiger partial charge in [-0.05, 0) is 99.1 Å². The third-order valence-corrected chi connectivity index (χ3v) is 10.2. The van der Waals surface area contributed by atoms with Gasteiger partial charge in [0.1, 0.15) is 0 Å². The number of aromatic nitrogens is 3. The molecule has 9 rings (SSSR count). The Morgan fingerprint density at radius 2 is 1.16 bits per heavy atom. The van der Waals surface area contributed by atoms with E-state index in [4.69, 9.17) is 9.97 Å². The molecule has 4 heteroatoms. The number of benzene rings is 6. The van der Waals surface area contributed by atoms with E-state index in [2.05, 4.69) is 122 Å². The van der Waals surface area contributed by atoms with Crippen LogP contribution in [0.3, 0.4) is 0 Å². The zero-order chi connectivity index (χ0) is 34.5. The lowest BCUT2D eigenvalue weighted by Crippen LogP contribution is -2.15. The van der Waals surface area contributed by atoms with E-state index in [1.165, 1.54) is 22.3 Å². The molecule has 0 unspecified atom stereocenters. The summed E-state index contributed by atoms with van der Waals surface area (Å²) in [4.78, 5) is 14.9. The van der Waals surface area contributed by atoms with Crippen LogP contribution in [0, 0.1) is 11.3 Å². The minimum Gasteiger partial charge on any atom is -0.256 e. The quantitative estimate of drug-likeness (QED) is 0.186. The zero-order valence-electron chi connectivity index (χ0n) is 28.3. The molecule has 8 aromatic rings. The highest BCUT2D eigenvalue weighted by atomic mass is 14.9. The first-order valence-corrected chi connectivity index (χ1v) is 17.2. The summed E-state index contributed by atoms with van der Waals surface area (Å²) < 4.78 is 0. The highest BCUT2D eigenvalue weighted by molar-refractivity contribution is 5.97. The smallest absolute Gasteiger partial charge is 0.160 e. The fraction of sp³-hybridized carbons (Fsp3) is 0.0638. The van der Waals surface area contributed by atoms with Crippen molar-refractivity contribution in [2.45, 2.75) is 19.3 Å². The van der Waals surface area contributed by atoms with Gasteiger partial charge in [0.05, 0.1) is 28.5 Å². The molecule has 0 radical (unpaired) electrons. The van der Waals surface area contributed by atoms with Crippen molar-refractivity contribution < 1.29 is 0 Å². The highest BCUT2D eigenvalue weighted by Crippen LogP contribution is 2.50. The molecule has 0 saturated heterocycles. The van der Waals surface area contributed by atoms with Gasteiger partial charge in [-0.2, -0.15) is 5.26 Å². The Hall–Kier alpha value is -6.70. The van der Waals surface area contributed by atoms with Crippen molar-refractivity contribution in [2.24, 2.45) is 0 Å². The molecule has 0 aliphatic heterocycles. The monoisotopic (exact) mass is 652 g/mol. The highest BCUT2D eigenvalue weighted by Gasteiger charge is 2.36. The van der Waals surface area contributed by atoms with Gasteiger partial charge in [0.25, 0.3) is 0 Å². The molecule has 1 aliphatic rings. The number of nitrogens with zero attached hydrogens (tertiary/aromatic N) is 4. The first-order valence-electron chi connectivity index (χ1n) is 17.2. The minimum absolute atomic E-state index is 0.253. The zero-order valence-corrected chi connectivity index (χ0v) is 28.3. The maximum Gasteiger partial charge on any atom is 0.160 e. The van der Waals surface area contributed by atoms with Crippen LogP contribution in [0.15, 0.2) is 158 Å². The molecule has 0 N–H and O–H groups in total. The van der Waals surface area contributed by atoms with Gasteiger partial charge >= 0.3 is 0 Å². The number of rotatable bonds is 5. The van der Waals surface area contributed by atoms with Gasteiger partial charge in [0.2, 0.25) is 0 Å². The Balaban J connectivity index is 1.27. The lowest BCUT2D eigenvalue weighted by Gasteiger charge is -2.22. The third kappa shape index (κ3) is 5.28. The number of pyridine rings is 1. The van der Waals surface area contributed by atoms with E-state index >= 15 is 0 Å². The second kappa shape index (κ2) is 12.0. The van der Waals surface area contributed by atoms with Gasteiger partial charge in [-0.3, -0.25) is 4.98 Å². The summed E-state index contributed by atoms with van der Waals surface area (Å²) in [6, 6.07) is 55.0. The van der Waals surface area contributed by atoms with Crippen molar-refractivity contribution in [1.82, 2.24) is 15.0 Å². The fourth-order valence-electron chi connectivity index (χ4n) is 7.51. The summed E-state index contributed by atoms with van der Waals surface area (Å²) in [5.74, 6) is 0.682. The van der Waals surface area contributed by atoms with Gasteiger partial charge in [0, 0.05) is 33.7 Å². The summed E-state index contributed by atoms with van der Waals surface area (Å²) >= 11 is 0. The Labute approximate surface area is 297 Å². The third-order valence-electron chi connectivity index (χ3n) is 10.2. The second-order valence-electron chi connectivity index (χ2n) is 13.6. The van der Waals surface area contributed by atoms with E-state index in [0.29, 0.717) is 11.4 Å². The van der Waals surface area contributed by atoms with Crippen LogP contribution in [0.2, 0.25) is 0 Å². The van der Waals surface area contributed by atoms with Gasteiger partial charge in [0.15, 0.2) is 5.82 Å². The SMILES string of the molecule is CC1(C)c2cc(C#N)ccc2-c2ccc(-c3cc(-c4cc(-c5ccccc5)nc(-c5ccccc5)n4)cc(-c4cccc5ncccc45)c3)cc21. The van der Waals surface area contributed by atoms with Crippen LogP contribution < -0.4 is 0 Å². The largest absolute Gasteiger partial charge is 0.256 e. The van der Waals surface area contributed by atoms with Gasteiger partial charge in [-0.25, -0.2) is 9.97 Å². The van der Waals surface area contributed by atoms with E-state index in [1.807, 2.05) is 60.8 Å². The molecule has 0 spiro atoms. The van der Waals surface area contributed by atoms with Crippen LogP contribution in [-0.2, 0) is 5.41 Å². The van der Waals surface area contributed by atoms with E-state index in [9.17, 15) is 5.26 Å². The molecule has 240 valence electrons. The van der Waals surface area contributed by atoms with Crippen molar-refractivity contribution >= 4 is 10.9 Å². The van der Waals surface area contributed by atoms with Crippen LogP contribution in [0.5, 0.6) is 0 Å². The Kier molecular flexibility index (Phi) is 7.15. The predicted molar refractivity (Wildman–Crippen MR) is 207 cm³/mol. The Morgan fingerprint density at radius 3 is 1.92 bits per heavy atom. The standard InChI is InChI=1S/C47H32N4/c1-47(2)41-23-30(29-48)18-20-38(41)39-21-19-33(27-42(39)47)34-24-35(37-15-9-17-43-40(37)16-10-22-49-43)26-36(25-34)45-28-44(31-11-5-3-6-12-31)50-46(51-45)32-13-7-4-8-14-32/h3-28H,1-2H3. The second-order valence-corrected chi connectivity index (χ2v) is 13.6. The molecule has 1 aliphatic carbocycles. The van der Waals surface area contributed by atoms with Gasteiger partial charge in [-0.1, -0.05) is 111 Å². The van der Waals surface area contributed by atoms with Crippen LogP contribution >= 0.6 is 0 Å². The number of nitriles is 1. The summed E-state index contributed by atoms with van der Waals surface area (Å²) in [7, 11) is 0. The molecule has 0 amide bonds. The topological polar surface area (TPSA) is 62.5 Å². The normalized spacial score (nSPS) is 12.6. The molecule has 0 bridgehead atoms. The van der Waals surface area contributed by atoms with Crippen molar-refractivity contribution in [3.8, 4) is 73.4 Å². The van der Waals surface area contributed by atoms with E-state index in [1.54, 1.807) is 0 Å². The lowest BCUT2D eigenvalue weighted by molar-refractivity contribution is 0.660. The summed E-state index contributed by atoms with van der Waals surface area (Å²) in [6.07, 6.45) is 1.84. The van der Waals surface area contributed by atoms with Gasteiger partial charge in [-0.15, -0.1) is 0 Å². The first kappa shape index (κ1) is 30.4. The van der Waals surface area contributed by atoms with Crippen LogP contribution in [0.1, 0.15) is 30.5 Å². The van der Waals surface area contributed by atoms with E-state index in [0.717, 1.165) is 61.2 Å². The molecule has 0 saturated carbocycles. The molecular formula is C47H32N4. The van der Waals surface area contributed by atoms with Crippen molar-refractivity contribution in [3.63, 3.8) is 0 Å². The Morgan fingerprint density at radius 1 is 0.490 bits per heavy atom. The van der Waals surface area contributed by atoms with Crippen LogP contribution in [0.25, 0.3) is 78.2 Å².